The highest BCUT2D eigenvalue weighted by molar-refractivity contribution is 7.17. The van der Waals surface area contributed by atoms with Crippen LogP contribution < -0.4 is 30.9 Å². The number of methoxy groups -OCH3 is 3. The van der Waals surface area contributed by atoms with E-state index in [-0.39, 0.29) is 42.0 Å². The van der Waals surface area contributed by atoms with Crippen LogP contribution in [0, 0.1) is 5.92 Å². The highest BCUT2D eigenvalue weighted by Gasteiger charge is 2.25. The Morgan fingerprint density at radius 2 is 1.92 bits per heavy atom. The van der Waals surface area contributed by atoms with Gasteiger partial charge in [-0.25, -0.2) is 4.79 Å². The topological polar surface area (TPSA) is 186 Å². The molecule has 0 bridgehead atoms. The molecule has 4 N–H and O–H groups in total. The van der Waals surface area contributed by atoms with Gasteiger partial charge < -0.3 is 34.2 Å². The van der Waals surface area contributed by atoms with E-state index in [0.717, 1.165) is 11.3 Å². The third kappa shape index (κ3) is 6.00. The number of carbonyl (C=O) groups is 1. The van der Waals surface area contributed by atoms with E-state index in [2.05, 4.69) is 20.6 Å². The van der Waals surface area contributed by atoms with Gasteiger partial charge in [-0.05, 0) is 18.2 Å². The minimum atomic E-state index is -0.929. The van der Waals surface area contributed by atoms with Gasteiger partial charge in [0.1, 0.15) is 17.3 Å². The molecule has 0 spiro atoms. The van der Waals surface area contributed by atoms with Gasteiger partial charge in [-0.15, -0.1) is 10.2 Å². The molecule has 206 valence electrons. The molecule has 3 heterocycles. The molecule has 14 nitrogen and oxygen atoms in total. The number of aliphatic hydroxyl groups is 1. The molecule has 15 heteroatoms. The number of anilines is 2. The fourth-order valence-electron chi connectivity index (χ4n) is 3.61. The molecule has 1 amide bonds. The Labute approximate surface area is 225 Å². The lowest BCUT2D eigenvalue weighted by molar-refractivity contribution is 0.0769. The molecule has 0 aliphatic rings. The molecule has 0 aliphatic carbocycles. The number of hydrogen-bond donors (Lipinski definition) is 3. The van der Waals surface area contributed by atoms with Crippen molar-refractivity contribution in [2.24, 2.45) is 5.92 Å². The van der Waals surface area contributed by atoms with Crippen molar-refractivity contribution in [3.05, 3.63) is 52.7 Å². The molecule has 39 heavy (non-hydrogen) atoms. The van der Waals surface area contributed by atoms with Gasteiger partial charge in [0, 0.05) is 24.7 Å². The number of nitrogen functional groups attached to an aromatic ring is 1. The number of benzene rings is 1. The Morgan fingerprint density at radius 3 is 2.54 bits per heavy atom. The van der Waals surface area contributed by atoms with Crippen molar-refractivity contribution in [2.75, 3.05) is 52.2 Å². The first-order valence-corrected chi connectivity index (χ1v) is 12.3. The summed E-state index contributed by atoms with van der Waals surface area (Å²) in [7, 11) is 4.40. The van der Waals surface area contributed by atoms with Crippen LogP contribution in [0.15, 0.2) is 45.7 Å². The zero-order valence-corrected chi connectivity index (χ0v) is 22.1. The lowest BCUT2D eigenvalue weighted by Crippen LogP contribution is -2.24. The van der Waals surface area contributed by atoms with Crippen molar-refractivity contribution in [3.8, 4) is 33.5 Å². The number of amides is 1. The molecule has 1 atom stereocenters. The number of nitrogens with zero attached hydrogens (tertiary/aromatic N) is 4. The maximum absolute atomic E-state index is 13.1. The Bertz CT molecular complexity index is 1480. The number of carbonyl (C=O) groups excluding carboxylic acids is 1. The summed E-state index contributed by atoms with van der Waals surface area (Å²) in [6.45, 7) is -0.0973. The minimum absolute atomic E-state index is 0.0603. The first kappa shape index (κ1) is 27.6. The monoisotopic (exact) mass is 558 g/mol. The van der Waals surface area contributed by atoms with E-state index in [1.165, 1.54) is 38.3 Å². The summed E-state index contributed by atoms with van der Waals surface area (Å²) in [4.78, 5) is 26.3. The van der Waals surface area contributed by atoms with Crippen LogP contribution in [0.1, 0.15) is 10.6 Å². The predicted octanol–water partition coefficient (Wildman–Crippen LogP) is 1.83. The van der Waals surface area contributed by atoms with E-state index in [1.54, 1.807) is 24.3 Å². The van der Waals surface area contributed by atoms with Gasteiger partial charge in [0.25, 0.3) is 5.91 Å². The SMILES string of the molecule is COC[C@@H](CO)COc1c(-c2c(OC)cccc2OC)cc(C(=O)Nc2nnc(-n3nccc3N)s2)oc1=O. The fraction of sp³-hybridized carbons (Fsp3) is 0.292. The van der Waals surface area contributed by atoms with Crippen molar-refractivity contribution in [1.29, 1.82) is 0 Å². The van der Waals surface area contributed by atoms with Gasteiger partial charge in [0.2, 0.25) is 16.0 Å². The second kappa shape index (κ2) is 12.4. The van der Waals surface area contributed by atoms with Crippen molar-refractivity contribution in [3.63, 3.8) is 0 Å². The van der Waals surface area contributed by atoms with Crippen LogP contribution in [0.3, 0.4) is 0 Å². The van der Waals surface area contributed by atoms with Crippen molar-refractivity contribution in [1.82, 2.24) is 20.0 Å². The third-order valence-corrected chi connectivity index (χ3v) is 6.26. The summed E-state index contributed by atoms with van der Waals surface area (Å²) in [5.41, 5.74) is 5.46. The molecule has 4 aromatic rings. The van der Waals surface area contributed by atoms with Gasteiger partial charge in [-0.2, -0.15) is 9.78 Å². The quantitative estimate of drug-likeness (QED) is 0.229. The van der Waals surface area contributed by atoms with Gasteiger partial charge >= 0.3 is 5.63 Å². The molecule has 1 aromatic carbocycles. The van der Waals surface area contributed by atoms with Crippen LogP contribution in [-0.2, 0) is 4.74 Å². The largest absolute Gasteiger partial charge is 0.496 e. The second-order valence-corrected chi connectivity index (χ2v) is 8.96. The van der Waals surface area contributed by atoms with E-state index >= 15 is 0 Å². The maximum Gasteiger partial charge on any atom is 0.379 e. The molecule has 0 saturated carbocycles. The molecule has 0 fully saturated rings. The molecule has 3 aromatic heterocycles. The van der Waals surface area contributed by atoms with Gasteiger partial charge in [0.15, 0.2) is 5.76 Å². The van der Waals surface area contributed by atoms with Crippen molar-refractivity contribution in [2.45, 2.75) is 0 Å². The van der Waals surface area contributed by atoms with Crippen molar-refractivity contribution >= 4 is 28.2 Å². The lowest BCUT2D eigenvalue weighted by Gasteiger charge is -2.18. The molecular weight excluding hydrogens is 532 g/mol. The summed E-state index contributed by atoms with van der Waals surface area (Å²) >= 11 is 1.01. The van der Waals surface area contributed by atoms with Crippen LogP contribution in [0.2, 0.25) is 0 Å². The number of nitrogens with two attached hydrogens (primary N) is 1. The van der Waals surface area contributed by atoms with Gasteiger partial charge in [-0.3, -0.25) is 10.1 Å². The van der Waals surface area contributed by atoms with E-state index in [0.29, 0.717) is 28.0 Å². The third-order valence-electron chi connectivity index (χ3n) is 5.44. The number of nitrogens with one attached hydrogen (secondary N) is 1. The Morgan fingerprint density at radius 1 is 1.18 bits per heavy atom. The van der Waals surface area contributed by atoms with Crippen LogP contribution in [0.25, 0.3) is 16.3 Å². The number of aromatic nitrogens is 4. The molecule has 0 radical (unpaired) electrons. The normalized spacial score (nSPS) is 11.7. The van der Waals surface area contributed by atoms with Gasteiger partial charge in [0.05, 0.1) is 45.8 Å². The summed E-state index contributed by atoms with van der Waals surface area (Å²) < 4.78 is 28.6. The molecule has 0 aliphatic heterocycles. The van der Waals surface area contributed by atoms with Crippen LogP contribution in [0.5, 0.6) is 17.2 Å². The number of aliphatic hydroxyl groups excluding tert-OH is 1. The average Bonchev–Trinajstić information content (AvgIpc) is 3.58. The first-order valence-electron chi connectivity index (χ1n) is 11.5. The maximum atomic E-state index is 13.1. The lowest BCUT2D eigenvalue weighted by atomic mass is 10.0. The molecule has 0 unspecified atom stereocenters. The Kier molecular flexibility index (Phi) is 8.75. The Balaban J connectivity index is 1.73. The smallest absolute Gasteiger partial charge is 0.379 e. The predicted molar refractivity (Wildman–Crippen MR) is 141 cm³/mol. The standard InChI is InChI=1S/C24H26N6O8S/c1-34-11-13(10-31)12-37-20-14(19-15(35-2)5-4-6-16(19)36-3)9-17(38-22(20)33)21(32)27-23-28-29-24(39-23)30-18(25)7-8-26-30/h4-9,13,31H,10-12,25H2,1-3H3,(H,27,28,32)/t13-/m1/s1. The van der Waals surface area contributed by atoms with Crippen molar-refractivity contribution < 1.29 is 33.3 Å². The average molecular weight is 559 g/mol. The van der Waals surface area contributed by atoms with Crippen LogP contribution in [0.4, 0.5) is 10.9 Å². The highest BCUT2D eigenvalue weighted by Crippen LogP contribution is 2.42. The molecule has 0 saturated heterocycles. The number of ether oxygens (including phenoxy) is 4. The summed E-state index contributed by atoms with van der Waals surface area (Å²) in [5.74, 6) is -0.653. The zero-order valence-electron chi connectivity index (χ0n) is 21.2. The summed E-state index contributed by atoms with van der Waals surface area (Å²) in [5, 5.41) is 24.6. The van der Waals surface area contributed by atoms with Gasteiger partial charge in [-0.1, -0.05) is 17.4 Å². The first-order chi connectivity index (χ1) is 18.9. The van der Waals surface area contributed by atoms with E-state index in [9.17, 15) is 14.7 Å². The summed E-state index contributed by atoms with van der Waals surface area (Å²) in [6, 6.07) is 7.97. The van der Waals surface area contributed by atoms with E-state index in [1.807, 2.05) is 0 Å². The second-order valence-electron chi connectivity index (χ2n) is 8.01. The summed E-state index contributed by atoms with van der Waals surface area (Å²) in [6.07, 6.45) is 1.50. The minimum Gasteiger partial charge on any atom is -0.496 e. The highest BCUT2D eigenvalue weighted by atomic mass is 32.1. The number of rotatable bonds is 12. The van der Waals surface area contributed by atoms with Crippen LogP contribution in [-0.4, -0.2) is 72.1 Å². The zero-order chi connectivity index (χ0) is 27.9. The van der Waals surface area contributed by atoms with E-state index in [4.69, 9.17) is 29.1 Å². The van der Waals surface area contributed by atoms with E-state index < -0.39 is 17.5 Å². The fourth-order valence-corrected chi connectivity index (χ4v) is 4.33. The molecular formula is C24H26N6O8S. The number of hydrogen-bond acceptors (Lipinski definition) is 13. The molecule has 4 rings (SSSR count). The van der Waals surface area contributed by atoms with Crippen LogP contribution >= 0.6 is 11.3 Å². The Hall–Kier alpha value is -4.47.